The molecule has 0 heterocycles. The van der Waals surface area contributed by atoms with Crippen molar-refractivity contribution in [2.75, 3.05) is 19.7 Å². The number of carbonyl (C=O) groups is 1. The van der Waals surface area contributed by atoms with Crippen molar-refractivity contribution in [1.29, 1.82) is 0 Å². The first-order valence-electron chi connectivity index (χ1n) is 12.5. The van der Waals surface area contributed by atoms with Gasteiger partial charge in [0.25, 0.3) is 0 Å². The van der Waals surface area contributed by atoms with E-state index < -0.39 is 0 Å². The van der Waals surface area contributed by atoms with Gasteiger partial charge in [0.2, 0.25) is 0 Å². The third kappa shape index (κ3) is 17.4. The van der Waals surface area contributed by atoms with Gasteiger partial charge in [-0.05, 0) is 33.6 Å². The molecule has 1 rings (SSSR count). The average molecular weight is 420 g/mol. The molecule has 0 spiro atoms. The standard InChI is InChI=1S/C19H39NO2.C8H10/c1-4-7-9-11-13-15-17-20(19(21)22-6-3)18-16-14-12-10-8-5-2;1-7-3-5-8(2)6-4-7/h4-18H2,1-3H3;3-6H,1-2H3. The molecule has 0 radical (unpaired) electrons. The van der Waals surface area contributed by atoms with Crippen molar-refractivity contribution in [3.63, 3.8) is 0 Å². The van der Waals surface area contributed by atoms with Gasteiger partial charge in [-0.2, -0.15) is 0 Å². The number of nitrogens with zero attached hydrogens (tertiary/aromatic N) is 1. The molecule has 0 aromatic heterocycles. The Morgan fingerprint density at radius 1 is 0.667 bits per heavy atom. The summed E-state index contributed by atoms with van der Waals surface area (Å²) in [6.07, 6.45) is 15.0. The molecule has 0 saturated carbocycles. The number of aryl methyl sites for hydroxylation is 2. The lowest BCUT2D eigenvalue weighted by Gasteiger charge is -2.21. The number of hydrogen-bond acceptors (Lipinski definition) is 2. The Kier molecular flexibility index (Phi) is 19.7. The van der Waals surface area contributed by atoms with Crippen LogP contribution in [-0.4, -0.2) is 30.7 Å². The molecule has 0 aliphatic carbocycles. The lowest BCUT2D eigenvalue weighted by atomic mass is 10.1. The predicted molar refractivity (Wildman–Crippen MR) is 131 cm³/mol. The van der Waals surface area contributed by atoms with E-state index in [9.17, 15) is 4.79 Å². The van der Waals surface area contributed by atoms with Gasteiger partial charge >= 0.3 is 6.09 Å². The van der Waals surface area contributed by atoms with Gasteiger partial charge in [-0.1, -0.05) is 113 Å². The molecule has 0 aliphatic heterocycles. The molecule has 0 aliphatic rings. The van der Waals surface area contributed by atoms with Crippen LogP contribution in [0.1, 0.15) is 109 Å². The van der Waals surface area contributed by atoms with Crippen LogP contribution < -0.4 is 0 Å². The predicted octanol–water partition coefficient (Wildman–Crippen LogP) is 8.47. The Labute approximate surface area is 187 Å². The van der Waals surface area contributed by atoms with E-state index in [1.807, 2.05) is 11.8 Å². The third-order valence-electron chi connectivity index (χ3n) is 5.31. The number of hydrogen-bond donors (Lipinski definition) is 0. The van der Waals surface area contributed by atoms with Crippen LogP contribution in [0.5, 0.6) is 0 Å². The summed E-state index contributed by atoms with van der Waals surface area (Å²) in [5.74, 6) is 0. The second-order valence-corrected chi connectivity index (χ2v) is 8.38. The molecular formula is C27H49NO2. The molecule has 0 bridgehead atoms. The zero-order valence-corrected chi connectivity index (χ0v) is 20.7. The normalized spacial score (nSPS) is 10.3. The Bertz CT molecular complexity index is 461. The first-order chi connectivity index (χ1) is 14.5. The second-order valence-electron chi connectivity index (χ2n) is 8.38. The smallest absolute Gasteiger partial charge is 0.409 e. The molecule has 0 fully saturated rings. The summed E-state index contributed by atoms with van der Waals surface area (Å²) in [6, 6.07) is 8.48. The second kappa shape index (κ2) is 20.8. The van der Waals surface area contributed by atoms with Gasteiger partial charge < -0.3 is 9.64 Å². The maximum atomic E-state index is 12.0. The monoisotopic (exact) mass is 419 g/mol. The number of amides is 1. The zero-order chi connectivity index (χ0) is 22.5. The van der Waals surface area contributed by atoms with E-state index in [1.165, 1.54) is 75.3 Å². The maximum absolute atomic E-state index is 12.0. The molecule has 0 atom stereocenters. The summed E-state index contributed by atoms with van der Waals surface area (Å²) in [5.41, 5.74) is 2.66. The quantitative estimate of drug-likeness (QED) is 0.267. The molecule has 1 amide bonds. The van der Waals surface area contributed by atoms with E-state index in [0.717, 1.165) is 25.9 Å². The van der Waals surface area contributed by atoms with E-state index in [1.54, 1.807) is 0 Å². The van der Waals surface area contributed by atoms with Gasteiger partial charge in [0, 0.05) is 13.1 Å². The topological polar surface area (TPSA) is 29.5 Å². The highest BCUT2D eigenvalue weighted by Crippen LogP contribution is 2.10. The van der Waals surface area contributed by atoms with Crippen molar-refractivity contribution in [3.8, 4) is 0 Å². The minimum Gasteiger partial charge on any atom is -0.450 e. The molecule has 3 heteroatoms. The third-order valence-corrected chi connectivity index (χ3v) is 5.31. The number of ether oxygens (including phenoxy) is 1. The van der Waals surface area contributed by atoms with Gasteiger partial charge in [-0.25, -0.2) is 4.79 Å². The van der Waals surface area contributed by atoms with Crippen molar-refractivity contribution in [1.82, 2.24) is 4.90 Å². The number of unbranched alkanes of at least 4 members (excludes halogenated alkanes) is 10. The Hall–Kier alpha value is -1.51. The van der Waals surface area contributed by atoms with Gasteiger partial charge in [0.1, 0.15) is 0 Å². The highest BCUT2D eigenvalue weighted by Gasteiger charge is 2.13. The Morgan fingerprint density at radius 2 is 1.03 bits per heavy atom. The molecule has 1 aromatic carbocycles. The van der Waals surface area contributed by atoms with Crippen LogP contribution in [0.2, 0.25) is 0 Å². The van der Waals surface area contributed by atoms with Crippen molar-refractivity contribution in [2.24, 2.45) is 0 Å². The van der Waals surface area contributed by atoms with Crippen molar-refractivity contribution < 1.29 is 9.53 Å². The molecule has 0 N–H and O–H groups in total. The van der Waals surface area contributed by atoms with Crippen molar-refractivity contribution in [2.45, 2.75) is 112 Å². The molecule has 1 aromatic rings. The van der Waals surface area contributed by atoms with Gasteiger partial charge in [-0.3, -0.25) is 0 Å². The molecule has 0 unspecified atom stereocenters. The summed E-state index contributed by atoms with van der Waals surface area (Å²) in [7, 11) is 0. The first kappa shape index (κ1) is 28.5. The Balaban J connectivity index is 0.000000867. The summed E-state index contributed by atoms with van der Waals surface area (Å²) >= 11 is 0. The molecular weight excluding hydrogens is 370 g/mol. The maximum Gasteiger partial charge on any atom is 0.409 e. The van der Waals surface area contributed by atoms with E-state index >= 15 is 0 Å². The SMILES string of the molecule is CCCCCCCCN(CCCCCCCC)C(=O)OCC.Cc1ccc(C)cc1. The first-order valence-corrected chi connectivity index (χ1v) is 12.5. The summed E-state index contributed by atoms with van der Waals surface area (Å²) in [5, 5.41) is 0. The summed E-state index contributed by atoms with van der Waals surface area (Å²) in [4.78, 5) is 13.9. The highest BCUT2D eigenvalue weighted by molar-refractivity contribution is 5.67. The van der Waals surface area contributed by atoms with E-state index in [0.29, 0.717) is 6.61 Å². The zero-order valence-electron chi connectivity index (χ0n) is 20.7. The molecule has 174 valence electrons. The van der Waals surface area contributed by atoms with Gasteiger partial charge in [0.15, 0.2) is 0 Å². The average Bonchev–Trinajstić information content (AvgIpc) is 2.74. The largest absolute Gasteiger partial charge is 0.450 e. The van der Waals surface area contributed by atoms with Crippen molar-refractivity contribution in [3.05, 3.63) is 35.4 Å². The minimum atomic E-state index is -0.121. The van der Waals surface area contributed by atoms with Crippen LogP contribution in [0.4, 0.5) is 4.79 Å². The van der Waals surface area contributed by atoms with Gasteiger partial charge in [0.05, 0.1) is 6.61 Å². The van der Waals surface area contributed by atoms with Crippen LogP contribution in [0.25, 0.3) is 0 Å². The van der Waals surface area contributed by atoms with E-state index in [2.05, 4.69) is 52.0 Å². The molecule has 30 heavy (non-hydrogen) atoms. The lowest BCUT2D eigenvalue weighted by Crippen LogP contribution is -2.33. The fourth-order valence-corrected chi connectivity index (χ4v) is 3.31. The fraction of sp³-hybridized carbons (Fsp3) is 0.741. The number of benzene rings is 1. The van der Waals surface area contributed by atoms with E-state index in [4.69, 9.17) is 4.74 Å². The summed E-state index contributed by atoms with van der Waals surface area (Å²) < 4.78 is 5.18. The van der Waals surface area contributed by atoms with Crippen LogP contribution in [-0.2, 0) is 4.74 Å². The summed E-state index contributed by atoms with van der Waals surface area (Å²) in [6.45, 7) is 12.7. The number of rotatable bonds is 15. The molecule has 0 saturated heterocycles. The highest BCUT2D eigenvalue weighted by atomic mass is 16.6. The van der Waals surface area contributed by atoms with E-state index in [-0.39, 0.29) is 6.09 Å². The van der Waals surface area contributed by atoms with Crippen LogP contribution in [0.15, 0.2) is 24.3 Å². The number of carbonyl (C=O) groups excluding carboxylic acids is 1. The van der Waals surface area contributed by atoms with Crippen LogP contribution in [0.3, 0.4) is 0 Å². The van der Waals surface area contributed by atoms with Crippen LogP contribution in [0, 0.1) is 13.8 Å². The minimum absolute atomic E-state index is 0.121. The molecule has 3 nitrogen and oxygen atoms in total. The van der Waals surface area contributed by atoms with Crippen molar-refractivity contribution >= 4 is 6.09 Å². The van der Waals surface area contributed by atoms with Gasteiger partial charge in [-0.15, -0.1) is 0 Å². The lowest BCUT2D eigenvalue weighted by molar-refractivity contribution is 0.105. The Morgan fingerprint density at radius 3 is 1.40 bits per heavy atom. The van der Waals surface area contributed by atoms with Crippen LogP contribution >= 0.6 is 0 Å². The fourth-order valence-electron chi connectivity index (χ4n) is 3.31.